The van der Waals surface area contributed by atoms with Crippen LogP contribution in [0.1, 0.15) is 30.9 Å². The van der Waals surface area contributed by atoms with Gasteiger partial charge in [-0.2, -0.15) is 17.5 Å². The predicted octanol–water partition coefficient (Wildman–Crippen LogP) is 4.64. The van der Waals surface area contributed by atoms with Crippen LogP contribution in [0.5, 0.6) is 0 Å². The Morgan fingerprint density at radius 3 is 2.43 bits per heavy atom. The predicted molar refractivity (Wildman–Crippen MR) is 110 cm³/mol. The molecule has 1 N–H and O–H groups in total. The Bertz CT molecular complexity index is 1020. The number of alkyl halides is 3. The smallest absolute Gasteiger partial charge is 0.325 e. The molecule has 0 bridgehead atoms. The number of carbonyl (C=O) groups excluding carboxylic acids is 1. The van der Waals surface area contributed by atoms with Gasteiger partial charge in [-0.1, -0.05) is 44.2 Å². The van der Waals surface area contributed by atoms with Gasteiger partial charge >= 0.3 is 6.18 Å². The van der Waals surface area contributed by atoms with E-state index in [1.807, 2.05) is 26.0 Å². The molecule has 0 saturated carbocycles. The zero-order valence-corrected chi connectivity index (χ0v) is 17.4. The van der Waals surface area contributed by atoms with E-state index in [2.05, 4.69) is 11.9 Å². The molecule has 2 aromatic carbocycles. The van der Waals surface area contributed by atoms with Gasteiger partial charge in [0.05, 0.1) is 17.0 Å². The quantitative estimate of drug-likeness (QED) is 0.608. The highest BCUT2D eigenvalue weighted by Gasteiger charge is 2.33. The van der Waals surface area contributed by atoms with Crippen molar-refractivity contribution in [1.29, 1.82) is 0 Å². The minimum atomic E-state index is -4.69. The van der Waals surface area contributed by atoms with Crippen LogP contribution < -0.4 is 5.32 Å². The van der Waals surface area contributed by atoms with Crippen molar-refractivity contribution in [3.63, 3.8) is 0 Å². The lowest BCUT2D eigenvalue weighted by Gasteiger charge is -2.21. The molecule has 30 heavy (non-hydrogen) atoms. The third-order valence-corrected chi connectivity index (χ3v) is 6.12. The van der Waals surface area contributed by atoms with E-state index in [1.54, 1.807) is 12.1 Å². The second-order valence-electron chi connectivity index (χ2n) is 6.90. The average molecular weight is 440 g/mol. The molecule has 5 nitrogen and oxygen atoms in total. The summed E-state index contributed by atoms with van der Waals surface area (Å²) in [6, 6.07) is 10.5. The summed E-state index contributed by atoms with van der Waals surface area (Å²) >= 11 is 0. The first kappa shape index (κ1) is 23.6. The summed E-state index contributed by atoms with van der Waals surface area (Å²) in [5.74, 6) is -0.486. The van der Waals surface area contributed by atoms with Crippen molar-refractivity contribution in [3.8, 4) is 0 Å². The zero-order valence-electron chi connectivity index (χ0n) is 16.6. The summed E-state index contributed by atoms with van der Waals surface area (Å²) in [5, 5.41) is 2.68. The number of carbonyl (C=O) groups is 1. The van der Waals surface area contributed by atoms with Gasteiger partial charge in [0, 0.05) is 12.2 Å². The highest BCUT2D eigenvalue weighted by molar-refractivity contribution is 7.89. The molecule has 0 aliphatic carbocycles. The fraction of sp³-hybridized carbons (Fsp3) is 0.286. The molecular formula is C21H23F3N2O3S. The molecule has 0 fully saturated rings. The van der Waals surface area contributed by atoms with Gasteiger partial charge in [-0.15, -0.1) is 6.58 Å². The van der Waals surface area contributed by atoms with Crippen LogP contribution in [0, 0.1) is 0 Å². The lowest BCUT2D eigenvalue weighted by molar-refractivity contribution is -0.137. The normalized spacial score (nSPS) is 12.2. The van der Waals surface area contributed by atoms with Crippen LogP contribution in [0.15, 0.2) is 66.1 Å². The second kappa shape index (κ2) is 9.44. The SMILES string of the molecule is C=CCN(CC(=O)Nc1ccccc1C(C)C)S(=O)(=O)c1cccc(C(F)(F)F)c1. The lowest BCUT2D eigenvalue weighted by Crippen LogP contribution is -2.38. The Morgan fingerprint density at radius 2 is 1.83 bits per heavy atom. The number of hydrogen-bond acceptors (Lipinski definition) is 3. The molecular weight excluding hydrogens is 417 g/mol. The molecule has 0 aliphatic heterocycles. The van der Waals surface area contributed by atoms with Crippen LogP contribution in [-0.4, -0.2) is 31.7 Å². The van der Waals surface area contributed by atoms with E-state index in [0.29, 0.717) is 11.8 Å². The van der Waals surface area contributed by atoms with E-state index < -0.39 is 39.1 Å². The summed E-state index contributed by atoms with van der Waals surface area (Å²) in [6.45, 7) is 6.57. The Labute approximate surface area is 174 Å². The number of rotatable bonds is 8. The van der Waals surface area contributed by atoms with Gasteiger partial charge in [0.1, 0.15) is 0 Å². The first-order valence-electron chi connectivity index (χ1n) is 9.14. The maximum absolute atomic E-state index is 13.0. The number of hydrogen-bond donors (Lipinski definition) is 1. The summed E-state index contributed by atoms with van der Waals surface area (Å²) in [5.41, 5.74) is 0.340. The maximum atomic E-state index is 13.0. The first-order chi connectivity index (χ1) is 14.0. The summed E-state index contributed by atoms with van der Waals surface area (Å²) in [4.78, 5) is 12.0. The van der Waals surface area contributed by atoms with Crippen molar-refractivity contribution in [3.05, 3.63) is 72.3 Å². The van der Waals surface area contributed by atoms with Crippen LogP contribution in [0.25, 0.3) is 0 Å². The molecule has 0 spiro atoms. The van der Waals surface area contributed by atoms with E-state index in [-0.39, 0.29) is 12.5 Å². The third-order valence-electron chi connectivity index (χ3n) is 4.31. The van der Waals surface area contributed by atoms with Gasteiger partial charge in [0.25, 0.3) is 0 Å². The van der Waals surface area contributed by atoms with Gasteiger partial charge < -0.3 is 5.32 Å². The van der Waals surface area contributed by atoms with Crippen LogP contribution in [0.4, 0.5) is 18.9 Å². The van der Waals surface area contributed by atoms with Gasteiger partial charge in [0.15, 0.2) is 0 Å². The number of benzene rings is 2. The summed E-state index contributed by atoms with van der Waals surface area (Å²) in [6.07, 6.45) is -3.42. The highest BCUT2D eigenvalue weighted by Crippen LogP contribution is 2.31. The number of sulfonamides is 1. The van der Waals surface area contributed by atoms with Gasteiger partial charge in [-0.05, 0) is 35.7 Å². The van der Waals surface area contributed by atoms with Gasteiger partial charge in [-0.25, -0.2) is 8.42 Å². The average Bonchev–Trinajstić information content (AvgIpc) is 2.67. The van der Waals surface area contributed by atoms with Crippen LogP contribution >= 0.6 is 0 Å². The van der Waals surface area contributed by atoms with E-state index in [0.717, 1.165) is 28.1 Å². The maximum Gasteiger partial charge on any atom is 0.416 e. The molecule has 2 aromatic rings. The van der Waals surface area contributed by atoms with Crippen LogP contribution in [0.2, 0.25) is 0 Å². The number of nitrogens with one attached hydrogen (secondary N) is 1. The summed E-state index contributed by atoms with van der Waals surface area (Å²) in [7, 11) is -4.36. The van der Waals surface area contributed by atoms with E-state index >= 15 is 0 Å². The molecule has 0 saturated heterocycles. The van der Waals surface area contributed by atoms with Crippen molar-refractivity contribution in [2.75, 3.05) is 18.4 Å². The molecule has 0 heterocycles. The van der Waals surface area contributed by atoms with Crippen molar-refractivity contribution in [2.45, 2.75) is 30.8 Å². The van der Waals surface area contributed by atoms with Crippen molar-refractivity contribution in [1.82, 2.24) is 4.31 Å². The second-order valence-corrected chi connectivity index (χ2v) is 8.84. The molecule has 2 rings (SSSR count). The first-order valence-corrected chi connectivity index (χ1v) is 10.6. The molecule has 0 unspecified atom stereocenters. The standard InChI is InChI=1S/C21H23F3N2O3S/c1-4-12-26(14-20(27)25-19-11-6-5-10-18(19)15(2)3)30(28,29)17-9-7-8-16(13-17)21(22,23)24/h4-11,13,15H,1,12,14H2,2-3H3,(H,25,27). The van der Waals surface area contributed by atoms with Crippen LogP contribution in [-0.2, 0) is 21.0 Å². The van der Waals surface area contributed by atoms with E-state index in [4.69, 9.17) is 0 Å². The molecule has 162 valence electrons. The Balaban J connectivity index is 2.29. The Hall–Kier alpha value is -2.65. The van der Waals surface area contributed by atoms with E-state index in [1.165, 1.54) is 6.08 Å². The molecule has 0 atom stereocenters. The van der Waals surface area contributed by atoms with Crippen molar-refractivity contribution in [2.24, 2.45) is 0 Å². The van der Waals surface area contributed by atoms with E-state index in [9.17, 15) is 26.4 Å². The van der Waals surface area contributed by atoms with Crippen molar-refractivity contribution < 1.29 is 26.4 Å². The topological polar surface area (TPSA) is 66.5 Å². The number of anilines is 1. The minimum absolute atomic E-state index is 0.125. The zero-order chi connectivity index (χ0) is 22.5. The Morgan fingerprint density at radius 1 is 1.17 bits per heavy atom. The number of halogens is 3. The highest BCUT2D eigenvalue weighted by atomic mass is 32.2. The van der Waals surface area contributed by atoms with Crippen molar-refractivity contribution >= 4 is 21.6 Å². The fourth-order valence-corrected chi connectivity index (χ4v) is 4.25. The largest absolute Gasteiger partial charge is 0.416 e. The van der Waals surface area contributed by atoms with Crippen LogP contribution in [0.3, 0.4) is 0 Å². The molecule has 9 heteroatoms. The molecule has 1 amide bonds. The molecule has 0 aromatic heterocycles. The molecule has 0 radical (unpaired) electrons. The fourth-order valence-electron chi connectivity index (χ4n) is 2.84. The number of amides is 1. The lowest BCUT2D eigenvalue weighted by atomic mass is 10.0. The number of nitrogens with zero attached hydrogens (tertiary/aromatic N) is 1. The van der Waals surface area contributed by atoms with Gasteiger partial charge in [-0.3, -0.25) is 4.79 Å². The molecule has 0 aliphatic rings. The van der Waals surface area contributed by atoms with Gasteiger partial charge in [0.2, 0.25) is 15.9 Å². The third kappa shape index (κ3) is 5.70. The Kier molecular flexibility index (Phi) is 7.44. The summed E-state index contributed by atoms with van der Waals surface area (Å²) < 4.78 is 65.5. The minimum Gasteiger partial charge on any atom is -0.325 e. The monoisotopic (exact) mass is 440 g/mol. The number of para-hydroxylation sites is 1.